The van der Waals surface area contributed by atoms with Crippen molar-refractivity contribution >= 4 is 11.6 Å². The van der Waals surface area contributed by atoms with Crippen molar-refractivity contribution in [3.8, 4) is 6.07 Å². The van der Waals surface area contributed by atoms with E-state index in [9.17, 15) is 0 Å². The molecule has 2 nitrogen and oxygen atoms in total. The smallest absolute Gasteiger partial charge is 0.0635 e. The molecule has 0 aliphatic carbocycles. The van der Waals surface area contributed by atoms with Crippen molar-refractivity contribution in [2.24, 2.45) is 5.92 Å². The van der Waals surface area contributed by atoms with Crippen molar-refractivity contribution in [2.45, 2.75) is 46.0 Å². The van der Waals surface area contributed by atoms with E-state index in [1.165, 1.54) is 19.3 Å². The maximum atomic E-state index is 8.60. The predicted molar refractivity (Wildman–Crippen MR) is 70.7 cm³/mol. The van der Waals surface area contributed by atoms with Crippen LogP contribution in [0.2, 0.25) is 0 Å². The summed E-state index contributed by atoms with van der Waals surface area (Å²) in [6.07, 6.45) is 5.50. The summed E-state index contributed by atoms with van der Waals surface area (Å²) in [4.78, 5) is 2.41. The molecule has 16 heavy (non-hydrogen) atoms. The highest BCUT2D eigenvalue weighted by Crippen LogP contribution is 2.05. The first-order valence-electron chi connectivity index (χ1n) is 6.36. The maximum Gasteiger partial charge on any atom is 0.0635 e. The molecule has 0 aliphatic rings. The van der Waals surface area contributed by atoms with E-state index in [2.05, 4.69) is 24.8 Å². The molecular formula is C13H25ClN2. The second-order valence-corrected chi connectivity index (χ2v) is 5.08. The Morgan fingerprint density at radius 3 is 2.38 bits per heavy atom. The lowest BCUT2D eigenvalue weighted by Crippen LogP contribution is -2.29. The van der Waals surface area contributed by atoms with Gasteiger partial charge in [0, 0.05) is 25.4 Å². The minimum absolute atomic E-state index is 0.647. The van der Waals surface area contributed by atoms with Gasteiger partial charge in [-0.25, -0.2) is 0 Å². The van der Waals surface area contributed by atoms with Gasteiger partial charge in [-0.1, -0.05) is 26.7 Å². The van der Waals surface area contributed by atoms with Crippen LogP contribution in [0.5, 0.6) is 0 Å². The standard InChI is InChI=1S/C13H25ClN2/c1-13(2)12-16(11-7-9-15)10-6-4-3-5-8-14/h13H,3-8,10-12H2,1-2H3. The highest BCUT2D eigenvalue weighted by molar-refractivity contribution is 6.17. The summed E-state index contributed by atoms with van der Waals surface area (Å²) in [7, 11) is 0. The SMILES string of the molecule is CC(C)CN(CCC#N)CCCCCCCl. The molecule has 0 rings (SSSR count). The van der Waals surface area contributed by atoms with Gasteiger partial charge in [-0.15, -0.1) is 11.6 Å². The average molecular weight is 245 g/mol. The molecule has 0 heterocycles. The third-order valence-electron chi connectivity index (χ3n) is 2.52. The van der Waals surface area contributed by atoms with Crippen molar-refractivity contribution < 1.29 is 0 Å². The van der Waals surface area contributed by atoms with Gasteiger partial charge in [0.25, 0.3) is 0 Å². The van der Waals surface area contributed by atoms with Gasteiger partial charge in [-0.05, 0) is 25.3 Å². The van der Waals surface area contributed by atoms with Gasteiger partial charge in [0.1, 0.15) is 0 Å². The fourth-order valence-electron chi connectivity index (χ4n) is 1.80. The lowest BCUT2D eigenvalue weighted by Gasteiger charge is -2.23. The Morgan fingerprint density at radius 1 is 1.12 bits per heavy atom. The van der Waals surface area contributed by atoms with Crippen LogP contribution in [0.4, 0.5) is 0 Å². The van der Waals surface area contributed by atoms with E-state index in [4.69, 9.17) is 16.9 Å². The largest absolute Gasteiger partial charge is 0.302 e. The lowest BCUT2D eigenvalue weighted by molar-refractivity contribution is 0.244. The third kappa shape index (κ3) is 10.3. The minimum Gasteiger partial charge on any atom is -0.302 e. The molecule has 94 valence electrons. The summed E-state index contributed by atoms with van der Waals surface area (Å²) in [5.74, 6) is 1.46. The van der Waals surface area contributed by atoms with Gasteiger partial charge < -0.3 is 4.90 Å². The van der Waals surface area contributed by atoms with E-state index in [1.54, 1.807) is 0 Å². The van der Waals surface area contributed by atoms with E-state index < -0.39 is 0 Å². The highest BCUT2D eigenvalue weighted by Gasteiger charge is 2.06. The number of alkyl halides is 1. The Bertz CT molecular complexity index is 187. The van der Waals surface area contributed by atoms with Gasteiger partial charge in [0.05, 0.1) is 6.07 Å². The minimum atomic E-state index is 0.647. The normalized spacial score (nSPS) is 11.0. The average Bonchev–Trinajstić information content (AvgIpc) is 2.24. The van der Waals surface area contributed by atoms with Crippen LogP contribution in [0.3, 0.4) is 0 Å². The highest BCUT2D eigenvalue weighted by atomic mass is 35.5. The molecule has 0 aromatic rings. The number of unbranched alkanes of at least 4 members (excludes halogenated alkanes) is 3. The topological polar surface area (TPSA) is 27.0 Å². The van der Waals surface area contributed by atoms with Crippen LogP contribution in [-0.2, 0) is 0 Å². The Kier molecular flexibility index (Phi) is 11.0. The Morgan fingerprint density at radius 2 is 1.81 bits per heavy atom. The lowest BCUT2D eigenvalue weighted by atomic mass is 10.1. The molecule has 0 aromatic carbocycles. The molecule has 0 aromatic heterocycles. The molecule has 0 fully saturated rings. The summed E-state index contributed by atoms with van der Waals surface area (Å²) < 4.78 is 0. The molecule has 0 saturated carbocycles. The second kappa shape index (κ2) is 11.2. The fraction of sp³-hybridized carbons (Fsp3) is 0.923. The molecule has 0 radical (unpaired) electrons. The van der Waals surface area contributed by atoms with E-state index in [-0.39, 0.29) is 0 Å². The first-order valence-corrected chi connectivity index (χ1v) is 6.89. The van der Waals surface area contributed by atoms with Crippen molar-refractivity contribution in [1.82, 2.24) is 4.90 Å². The van der Waals surface area contributed by atoms with Crippen LogP contribution in [-0.4, -0.2) is 30.4 Å². The molecule has 0 spiro atoms. The first-order chi connectivity index (χ1) is 7.70. The zero-order valence-corrected chi connectivity index (χ0v) is 11.5. The van der Waals surface area contributed by atoms with Crippen molar-refractivity contribution in [3.05, 3.63) is 0 Å². The van der Waals surface area contributed by atoms with Crippen LogP contribution in [0.15, 0.2) is 0 Å². The summed E-state index contributed by atoms with van der Waals surface area (Å²) >= 11 is 5.63. The number of hydrogen-bond acceptors (Lipinski definition) is 2. The molecule has 0 N–H and O–H groups in total. The van der Waals surface area contributed by atoms with Crippen LogP contribution in [0.1, 0.15) is 46.0 Å². The quantitative estimate of drug-likeness (QED) is 0.433. The van der Waals surface area contributed by atoms with Gasteiger partial charge in [-0.2, -0.15) is 5.26 Å². The number of nitriles is 1. The Labute approximate surface area is 106 Å². The van der Waals surface area contributed by atoms with E-state index in [1.807, 2.05) is 0 Å². The molecule has 0 bridgehead atoms. The summed E-state index contributed by atoms with van der Waals surface area (Å²) in [6, 6.07) is 2.22. The third-order valence-corrected chi connectivity index (χ3v) is 2.79. The Hall–Kier alpha value is -0.260. The van der Waals surface area contributed by atoms with Gasteiger partial charge in [0.2, 0.25) is 0 Å². The maximum absolute atomic E-state index is 8.60. The van der Waals surface area contributed by atoms with Crippen molar-refractivity contribution in [3.63, 3.8) is 0 Å². The van der Waals surface area contributed by atoms with Crippen molar-refractivity contribution in [2.75, 3.05) is 25.5 Å². The number of nitrogens with zero attached hydrogens (tertiary/aromatic N) is 2. The van der Waals surface area contributed by atoms with E-state index >= 15 is 0 Å². The fourth-order valence-corrected chi connectivity index (χ4v) is 1.99. The van der Waals surface area contributed by atoms with Gasteiger partial charge in [-0.3, -0.25) is 0 Å². The molecule has 0 aliphatic heterocycles. The molecule has 3 heteroatoms. The molecule has 0 saturated heterocycles. The number of hydrogen-bond donors (Lipinski definition) is 0. The van der Waals surface area contributed by atoms with Crippen LogP contribution in [0, 0.1) is 17.2 Å². The monoisotopic (exact) mass is 244 g/mol. The molecular weight excluding hydrogens is 220 g/mol. The summed E-state index contributed by atoms with van der Waals surface area (Å²) in [5, 5.41) is 8.60. The van der Waals surface area contributed by atoms with Gasteiger partial charge in [0.15, 0.2) is 0 Å². The zero-order valence-electron chi connectivity index (χ0n) is 10.7. The van der Waals surface area contributed by atoms with Crippen molar-refractivity contribution in [1.29, 1.82) is 5.26 Å². The molecule has 0 atom stereocenters. The number of halogens is 1. The Balaban J connectivity index is 3.61. The number of rotatable bonds is 10. The molecule has 0 amide bonds. The van der Waals surface area contributed by atoms with Crippen LogP contribution >= 0.6 is 11.6 Å². The van der Waals surface area contributed by atoms with Crippen LogP contribution in [0.25, 0.3) is 0 Å². The first kappa shape index (κ1) is 15.7. The van der Waals surface area contributed by atoms with E-state index in [0.717, 1.165) is 31.9 Å². The van der Waals surface area contributed by atoms with Gasteiger partial charge >= 0.3 is 0 Å². The van der Waals surface area contributed by atoms with Crippen LogP contribution < -0.4 is 0 Å². The predicted octanol–water partition coefficient (Wildman–Crippen LogP) is 3.66. The zero-order chi connectivity index (χ0) is 12.2. The van der Waals surface area contributed by atoms with E-state index in [0.29, 0.717) is 12.3 Å². The second-order valence-electron chi connectivity index (χ2n) is 4.71. The molecule has 0 unspecified atom stereocenters. The summed E-state index contributed by atoms with van der Waals surface area (Å²) in [6.45, 7) is 7.61. The summed E-state index contributed by atoms with van der Waals surface area (Å²) in [5.41, 5.74) is 0.